The number of amides is 1. The van der Waals surface area contributed by atoms with Crippen LogP contribution in [0.25, 0.3) is 21.6 Å². The Labute approximate surface area is 228 Å². The first-order chi connectivity index (χ1) is 18.7. The minimum atomic E-state index is -4.10. The molecule has 0 aliphatic heterocycles. The van der Waals surface area contributed by atoms with E-state index in [1.54, 1.807) is 35.7 Å². The number of rotatable bonds is 8. The van der Waals surface area contributed by atoms with Crippen molar-refractivity contribution < 1.29 is 23.1 Å². The summed E-state index contributed by atoms with van der Waals surface area (Å²) in [6.07, 6.45) is 0.640. The maximum atomic E-state index is 13.1. The zero-order valence-corrected chi connectivity index (χ0v) is 22.7. The van der Waals surface area contributed by atoms with Crippen LogP contribution in [-0.4, -0.2) is 39.9 Å². The molecule has 0 bridgehead atoms. The Morgan fingerprint density at radius 1 is 1.03 bits per heavy atom. The number of fused-ring (bicyclic) bond motifs is 1. The average molecular weight is 561 g/mol. The van der Waals surface area contributed by atoms with Crippen LogP contribution in [0.1, 0.15) is 44.7 Å². The fourth-order valence-corrected chi connectivity index (χ4v) is 6.76. The molecule has 0 radical (unpaired) electrons. The Bertz CT molecular complexity index is 1810. The molecule has 0 saturated carbocycles. The second kappa shape index (κ2) is 10.4. The van der Waals surface area contributed by atoms with Crippen molar-refractivity contribution in [3.05, 3.63) is 100 Å². The molecule has 0 saturated heterocycles. The van der Waals surface area contributed by atoms with Gasteiger partial charge in [0.05, 0.1) is 11.4 Å². The number of aryl methyl sites for hydroxylation is 2. The first-order valence-corrected chi connectivity index (χ1v) is 14.4. The molecule has 1 amide bonds. The molecule has 3 heterocycles. The molecule has 0 aliphatic carbocycles. The molecule has 0 spiro atoms. The summed E-state index contributed by atoms with van der Waals surface area (Å²) in [6, 6.07) is 18.6. The number of carbonyl (C=O) groups excluding carboxylic acids is 1. The molecule has 0 atom stereocenters. The third-order valence-electron chi connectivity index (χ3n) is 6.25. The number of aromatic nitrogens is 3. The van der Waals surface area contributed by atoms with Gasteiger partial charge in [0.15, 0.2) is 11.3 Å². The lowest BCUT2D eigenvalue weighted by Crippen LogP contribution is -2.30. The summed E-state index contributed by atoms with van der Waals surface area (Å²) < 4.78 is 30.2. The lowest BCUT2D eigenvalue weighted by atomic mass is 10.1. The van der Waals surface area contributed by atoms with E-state index in [4.69, 9.17) is 0 Å². The van der Waals surface area contributed by atoms with Crippen LogP contribution in [0.15, 0.2) is 77.0 Å². The zero-order valence-electron chi connectivity index (χ0n) is 21.1. The van der Waals surface area contributed by atoms with Gasteiger partial charge in [-0.25, -0.2) is 27.9 Å². The fourth-order valence-electron chi connectivity index (χ4n) is 4.32. The van der Waals surface area contributed by atoms with Crippen molar-refractivity contribution in [3.63, 3.8) is 0 Å². The van der Waals surface area contributed by atoms with Crippen molar-refractivity contribution in [2.24, 2.45) is 0 Å². The number of nitrogens with one attached hydrogen (secondary N) is 1. The monoisotopic (exact) mass is 560 g/mol. The number of sulfonamides is 1. The molecule has 39 heavy (non-hydrogen) atoms. The van der Waals surface area contributed by atoms with Crippen LogP contribution in [0.3, 0.4) is 0 Å². The van der Waals surface area contributed by atoms with E-state index in [1.165, 1.54) is 23.5 Å². The third-order valence-corrected chi connectivity index (χ3v) is 8.71. The number of nitrogens with zero attached hydrogens (tertiary/aromatic N) is 3. The van der Waals surface area contributed by atoms with Gasteiger partial charge in [-0.15, -0.1) is 11.3 Å². The summed E-state index contributed by atoms with van der Waals surface area (Å²) in [5, 5.41) is 11.1. The zero-order chi connectivity index (χ0) is 27.7. The van der Waals surface area contributed by atoms with Crippen molar-refractivity contribution >= 4 is 44.4 Å². The Morgan fingerprint density at radius 3 is 2.41 bits per heavy atom. The van der Waals surface area contributed by atoms with Crippen LogP contribution in [0.5, 0.6) is 0 Å². The number of thiophene rings is 1. The lowest BCUT2D eigenvalue weighted by Gasteiger charge is -2.10. The molecule has 0 fully saturated rings. The van der Waals surface area contributed by atoms with Crippen LogP contribution >= 0.6 is 11.3 Å². The van der Waals surface area contributed by atoms with Crippen LogP contribution in [0.4, 0.5) is 0 Å². The predicted molar refractivity (Wildman–Crippen MR) is 149 cm³/mol. The average Bonchev–Trinajstić information content (AvgIpc) is 3.56. The summed E-state index contributed by atoms with van der Waals surface area (Å²) in [5.41, 5.74) is 3.73. The topological polar surface area (TPSA) is 131 Å². The van der Waals surface area contributed by atoms with E-state index in [9.17, 15) is 23.1 Å². The van der Waals surface area contributed by atoms with Crippen molar-refractivity contribution in [1.82, 2.24) is 19.3 Å². The normalized spacial score (nSPS) is 11.5. The van der Waals surface area contributed by atoms with Gasteiger partial charge in [-0.2, -0.15) is 0 Å². The second-order valence-corrected chi connectivity index (χ2v) is 11.4. The van der Waals surface area contributed by atoms with Crippen molar-refractivity contribution in [1.29, 1.82) is 0 Å². The quantitative estimate of drug-likeness (QED) is 0.276. The van der Waals surface area contributed by atoms with Gasteiger partial charge in [0, 0.05) is 12.0 Å². The van der Waals surface area contributed by atoms with E-state index in [0.29, 0.717) is 34.6 Å². The summed E-state index contributed by atoms with van der Waals surface area (Å²) in [6.45, 7) is 4.21. The summed E-state index contributed by atoms with van der Waals surface area (Å²) in [7, 11) is -4.10. The number of hydrogen-bond acceptors (Lipinski definition) is 7. The molecule has 11 heteroatoms. The largest absolute Gasteiger partial charge is 0.477 e. The minimum Gasteiger partial charge on any atom is -0.477 e. The molecule has 198 valence electrons. The first kappa shape index (κ1) is 26.3. The molecule has 0 aliphatic rings. The molecular weight excluding hydrogens is 536 g/mol. The highest BCUT2D eigenvalue weighted by molar-refractivity contribution is 7.90. The van der Waals surface area contributed by atoms with Crippen molar-refractivity contribution in [2.45, 2.75) is 31.7 Å². The van der Waals surface area contributed by atoms with Crippen LogP contribution in [0.2, 0.25) is 0 Å². The van der Waals surface area contributed by atoms with E-state index >= 15 is 0 Å². The van der Waals surface area contributed by atoms with Gasteiger partial charge < -0.3 is 9.67 Å². The number of aromatic carboxylic acids is 1. The Hall–Kier alpha value is -4.35. The molecule has 0 unspecified atom stereocenters. The highest BCUT2D eigenvalue weighted by atomic mass is 32.2. The SMILES string of the molecule is CCc1nc2c(C)cc(C(=O)O)nc2n1Cc1ccc(-c2sccc2S(=O)(=O)NC(=O)c2ccccc2)cc1. The molecule has 2 aromatic carbocycles. The summed E-state index contributed by atoms with van der Waals surface area (Å²) >= 11 is 1.27. The molecule has 3 aromatic heterocycles. The molecule has 5 aromatic rings. The lowest BCUT2D eigenvalue weighted by molar-refractivity contribution is 0.0690. The molecule has 2 N–H and O–H groups in total. The second-order valence-electron chi connectivity index (χ2n) is 8.88. The number of carboxylic acid groups (broad SMARTS) is 1. The Morgan fingerprint density at radius 2 is 1.74 bits per heavy atom. The van der Waals surface area contributed by atoms with E-state index in [0.717, 1.165) is 17.0 Å². The maximum Gasteiger partial charge on any atom is 0.354 e. The Balaban J connectivity index is 1.43. The number of hydrogen-bond donors (Lipinski definition) is 2. The number of benzene rings is 2. The van der Waals surface area contributed by atoms with Crippen LogP contribution in [0, 0.1) is 6.92 Å². The van der Waals surface area contributed by atoms with Gasteiger partial charge in [-0.05, 0) is 53.3 Å². The van der Waals surface area contributed by atoms with E-state index in [1.807, 2.05) is 42.7 Å². The van der Waals surface area contributed by atoms with Gasteiger partial charge in [0.25, 0.3) is 15.9 Å². The van der Waals surface area contributed by atoms with Gasteiger partial charge in [-0.3, -0.25) is 4.79 Å². The van der Waals surface area contributed by atoms with Crippen LogP contribution in [-0.2, 0) is 23.0 Å². The van der Waals surface area contributed by atoms with Gasteiger partial charge in [-0.1, -0.05) is 49.4 Å². The van der Waals surface area contributed by atoms with E-state index < -0.39 is 21.9 Å². The molecular formula is C28H24N4O5S2. The van der Waals surface area contributed by atoms with Gasteiger partial charge in [0.2, 0.25) is 0 Å². The number of pyridine rings is 1. The summed E-state index contributed by atoms with van der Waals surface area (Å²) in [5.74, 6) is -1.01. The predicted octanol–water partition coefficient (Wildman–Crippen LogP) is 4.90. The highest BCUT2D eigenvalue weighted by Gasteiger charge is 2.24. The van der Waals surface area contributed by atoms with Crippen molar-refractivity contribution in [3.8, 4) is 10.4 Å². The van der Waals surface area contributed by atoms with Crippen molar-refractivity contribution in [2.75, 3.05) is 0 Å². The standard InChI is InChI=1S/C28H24N4O5S2/c1-3-23-30-24-17(2)15-21(28(34)35)29-26(24)32(23)16-18-9-11-19(12-10-18)25-22(13-14-38-25)39(36,37)31-27(33)20-7-5-4-6-8-20/h4-15H,3,16H2,1-2H3,(H,31,33)(H,34,35). The van der Waals surface area contributed by atoms with Gasteiger partial charge >= 0.3 is 5.97 Å². The number of carboxylic acids is 1. The molecule has 5 rings (SSSR count). The van der Waals surface area contributed by atoms with Crippen LogP contribution < -0.4 is 4.72 Å². The Kier molecular flexibility index (Phi) is 7.02. The minimum absolute atomic E-state index is 0.0271. The number of imidazole rings is 1. The summed E-state index contributed by atoms with van der Waals surface area (Å²) in [4.78, 5) is 33.6. The highest BCUT2D eigenvalue weighted by Crippen LogP contribution is 2.33. The van der Waals surface area contributed by atoms with E-state index in [2.05, 4.69) is 14.7 Å². The van der Waals surface area contributed by atoms with Gasteiger partial charge in [0.1, 0.15) is 16.2 Å². The maximum absolute atomic E-state index is 13.1. The third kappa shape index (κ3) is 5.18. The number of carbonyl (C=O) groups is 2. The van der Waals surface area contributed by atoms with E-state index in [-0.39, 0.29) is 16.2 Å². The first-order valence-electron chi connectivity index (χ1n) is 12.1. The smallest absolute Gasteiger partial charge is 0.354 e. The fraction of sp³-hybridized carbons (Fsp3) is 0.143. The molecule has 9 nitrogen and oxygen atoms in total.